The minimum absolute atomic E-state index is 0.378. The molecule has 0 spiro atoms. The van der Waals surface area contributed by atoms with Gasteiger partial charge in [-0.25, -0.2) is 16.8 Å². The van der Waals surface area contributed by atoms with Gasteiger partial charge < -0.3 is 4.74 Å². The third-order valence-corrected chi connectivity index (χ3v) is 7.93. The number of alkyl halides is 2. The molecular formula is C13H21F2NO5S2. The Morgan fingerprint density at radius 2 is 1.48 bits per heavy atom. The second kappa shape index (κ2) is 5.34. The summed E-state index contributed by atoms with van der Waals surface area (Å²) in [6.45, 7) is 0. The number of halogens is 2. The first-order valence-corrected chi connectivity index (χ1v) is 11.2. The normalized spacial score (nSPS) is 37.3. The number of hydrogen-bond acceptors (Lipinski definition) is 5. The van der Waals surface area contributed by atoms with Crippen LogP contribution in [0.2, 0.25) is 0 Å². The fraction of sp³-hybridized carbons (Fsp3) is 1.00. The van der Waals surface area contributed by atoms with E-state index in [9.17, 15) is 25.6 Å². The van der Waals surface area contributed by atoms with Gasteiger partial charge in [0.05, 0.1) is 11.9 Å². The van der Waals surface area contributed by atoms with E-state index < -0.39 is 37.5 Å². The van der Waals surface area contributed by atoms with Gasteiger partial charge in [-0.05, 0) is 56.3 Å². The summed E-state index contributed by atoms with van der Waals surface area (Å²) >= 11 is 0. The van der Waals surface area contributed by atoms with E-state index in [1.54, 1.807) is 0 Å². The summed E-state index contributed by atoms with van der Waals surface area (Å²) in [5, 5.41) is 0. The Morgan fingerprint density at radius 1 is 1.04 bits per heavy atom. The molecule has 0 aromatic heterocycles. The van der Waals surface area contributed by atoms with E-state index in [-0.39, 0.29) is 0 Å². The van der Waals surface area contributed by atoms with Gasteiger partial charge in [-0.1, -0.05) is 0 Å². The van der Waals surface area contributed by atoms with Gasteiger partial charge in [-0.15, -0.1) is 4.13 Å². The van der Waals surface area contributed by atoms with E-state index >= 15 is 0 Å². The van der Waals surface area contributed by atoms with Crippen molar-refractivity contribution in [2.45, 2.75) is 50.2 Å². The largest absolute Gasteiger partial charge is 0.371 e. The average Bonchev–Trinajstić information content (AvgIpc) is 2.17. The highest BCUT2D eigenvalue weighted by Gasteiger charge is 2.56. The summed E-state index contributed by atoms with van der Waals surface area (Å²) in [6, 6.07) is 0. The Bertz CT molecular complexity index is 654. The molecule has 134 valence electrons. The lowest BCUT2D eigenvalue weighted by molar-refractivity contribution is -0.312. The van der Waals surface area contributed by atoms with Crippen LogP contribution in [0.25, 0.3) is 0 Å². The first-order valence-electron chi connectivity index (χ1n) is 7.65. The maximum atomic E-state index is 14.2. The fourth-order valence-electron chi connectivity index (χ4n) is 4.98. The Morgan fingerprint density at radius 3 is 1.87 bits per heavy atom. The second-order valence-corrected chi connectivity index (χ2v) is 11.2. The minimum Gasteiger partial charge on any atom is -0.313 e. The summed E-state index contributed by atoms with van der Waals surface area (Å²) in [4.78, 5) is 0. The summed E-state index contributed by atoms with van der Waals surface area (Å²) in [7, 11) is -8.83. The van der Waals surface area contributed by atoms with Crippen molar-refractivity contribution in [3.8, 4) is 0 Å². The molecule has 4 aliphatic rings. The maximum Gasteiger partial charge on any atom is 0.371 e. The average molecular weight is 373 g/mol. The molecule has 0 unspecified atom stereocenters. The maximum absolute atomic E-state index is 14.2. The third-order valence-electron chi connectivity index (χ3n) is 4.98. The van der Waals surface area contributed by atoms with Crippen LogP contribution in [0.15, 0.2) is 0 Å². The van der Waals surface area contributed by atoms with Crippen molar-refractivity contribution >= 4 is 20.0 Å². The zero-order valence-electron chi connectivity index (χ0n) is 12.8. The molecule has 0 atom stereocenters. The summed E-state index contributed by atoms with van der Waals surface area (Å²) in [5.41, 5.74) is -0.959. The SMILES string of the molecule is CS(=O)(=O)NS(=O)(=O)CC(F)(F)OC12CC3CC(CC(C3)C1)C2. The molecule has 4 fully saturated rings. The van der Waals surface area contributed by atoms with E-state index in [1.807, 2.05) is 0 Å². The van der Waals surface area contributed by atoms with Crippen molar-refractivity contribution < 1.29 is 30.4 Å². The molecule has 4 bridgehead atoms. The lowest BCUT2D eigenvalue weighted by atomic mass is 9.54. The van der Waals surface area contributed by atoms with Crippen LogP contribution in [0.1, 0.15) is 38.5 Å². The summed E-state index contributed by atoms with van der Waals surface area (Å²) in [6.07, 6.45) is 1.42. The highest BCUT2D eigenvalue weighted by atomic mass is 32.3. The first kappa shape index (κ1) is 17.5. The molecule has 0 heterocycles. The van der Waals surface area contributed by atoms with E-state index in [0.29, 0.717) is 43.3 Å². The molecule has 23 heavy (non-hydrogen) atoms. The Hall–Kier alpha value is -0.320. The Balaban J connectivity index is 1.71. The molecule has 0 saturated heterocycles. The van der Waals surface area contributed by atoms with Crippen molar-refractivity contribution in [3.63, 3.8) is 0 Å². The van der Waals surface area contributed by atoms with Crippen LogP contribution in [0.4, 0.5) is 8.78 Å². The molecule has 0 amide bonds. The predicted molar refractivity (Wildman–Crippen MR) is 78.7 cm³/mol. The monoisotopic (exact) mass is 373 g/mol. The van der Waals surface area contributed by atoms with Crippen LogP contribution >= 0.6 is 0 Å². The zero-order chi connectivity index (χ0) is 17.1. The third kappa shape index (κ3) is 4.21. The van der Waals surface area contributed by atoms with Crippen LogP contribution in [0, 0.1) is 17.8 Å². The number of sulfonamides is 2. The molecule has 10 heteroatoms. The molecule has 4 rings (SSSR count). The molecule has 1 N–H and O–H groups in total. The van der Waals surface area contributed by atoms with Gasteiger partial charge in [0.15, 0.2) is 5.75 Å². The van der Waals surface area contributed by atoms with Gasteiger partial charge in [0.1, 0.15) is 0 Å². The predicted octanol–water partition coefficient (Wildman–Crippen LogP) is 1.44. The van der Waals surface area contributed by atoms with Gasteiger partial charge in [-0.3, -0.25) is 0 Å². The number of ether oxygens (including phenoxy) is 1. The lowest BCUT2D eigenvalue weighted by Gasteiger charge is -2.56. The van der Waals surface area contributed by atoms with Crippen LogP contribution in [0.3, 0.4) is 0 Å². The molecule has 6 nitrogen and oxygen atoms in total. The Kier molecular flexibility index (Phi) is 4.06. The van der Waals surface area contributed by atoms with Gasteiger partial charge >= 0.3 is 6.11 Å². The topological polar surface area (TPSA) is 89.5 Å². The highest BCUT2D eigenvalue weighted by Crippen LogP contribution is 2.58. The number of hydrogen-bond donors (Lipinski definition) is 1. The van der Waals surface area contributed by atoms with Crippen LogP contribution < -0.4 is 4.13 Å². The minimum atomic E-state index is -4.69. The van der Waals surface area contributed by atoms with E-state index in [2.05, 4.69) is 0 Å². The van der Waals surface area contributed by atoms with Gasteiger partial charge in [0.25, 0.3) is 0 Å². The second-order valence-electron chi connectivity index (χ2n) is 7.45. The first-order chi connectivity index (χ1) is 10.4. The van der Waals surface area contributed by atoms with E-state index in [4.69, 9.17) is 4.74 Å². The van der Waals surface area contributed by atoms with Crippen molar-refractivity contribution in [1.82, 2.24) is 4.13 Å². The molecule has 0 aliphatic heterocycles. The molecule has 4 aliphatic carbocycles. The number of nitrogens with one attached hydrogen (secondary N) is 1. The zero-order valence-corrected chi connectivity index (χ0v) is 14.4. The lowest BCUT2D eigenvalue weighted by Crippen LogP contribution is -2.55. The van der Waals surface area contributed by atoms with E-state index in [0.717, 1.165) is 19.3 Å². The highest BCUT2D eigenvalue weighted by molar-refractivity contribution is 8.04. The van der Waals surface area contributed by atoms with Crippen LogP contribution in [-0.2, 0) is 24.8 Å². The molecule has 4 saturated carbocycles. The molecule has 0 radical (unpaired) electrons. The molecule has 0 aromatic carbocycles. The quantitative estimate of drug-likeness (QED) is 0.761. The van der Waals surface area contributed by atoms with E-state index in [1.165, 1.54) is 4.13 Å². The Labute approximate surface area is 135 Å². The van der Waals surface area contributed by atoms with Crippen molar-refractivity contribution in [2.24, 2.45) is 17.8 Å². The molecule has 0 aromatic rings. The smallest absolute Gasteiger partial charge is 0.313 e. The molecular weight excluding hydrogens is 352 g/mol. The summed E-state index contributed by atoms with van der Waals surface area (Å²) in [5.74, 6) is -0.553. The standard InChI is InChI=1S/C13H21F2NO5S2/c1-22(17,18)16-23(19,20)8-13(14,15)21-12-5-9-2-10(6-12)4-11(3-9)7-12/h9-11,16H,2-8H2,1H3. The number of rotatable bonds is 6. The summed E-state index contributed by atoms with van der Waals surface area (Å²) < 4.78 is 79.7. The van der Waals surface area contributed by atoms with Crippen molar-refractivity contribution in [3.05, 3.63) is 0 Å². The van der Waals surface area contributed by atoms with Crippen molar-refractivity contribution in [2.75, 3.05) is 12.0 Å². The van der Waals surface area contributed by atoms with Crippen molar-refractivity contribution in [1.29, 1.82) is 0 Å². The van der Waals surface area contributed by atoms with Gasteiger partial charge in [0, 0.05) is 0 Å². The van der Waals surface area contributed by atoms with Gasteiger partial charge in [-0.2, -0.15) is 8.78 Å². The van der Waals surface area contributed by atoms with Crippen LogP contribution in [0.5, 0.6) is 0 Å². The fourth-order valence-corrected chi connectivity index (χ4v) is 7.57. The van der Waals surface area contributed by atoms with Crippen LogP contribution in [-0.4, -0.2) is 40.6 Å². The van der Waals surface area contributed by atoms with Gasteiger partial charge in [0.2, 0.25) is 20.0 Å².